The van der Waals surface area contributed by atoms with Crippen molar-refractivity contribution in [3.05, 3.63) is 35.8 Å². The molecule has 1 aliphatic heterocycles. The summed E-state index contributed by atoms with van der Waals surface area (Å²) in [6, 6.07) is 3.88. The minimum Gasteiger partial charge on any atom is -0.469 e. The highest BCUT2D eigenvalue weighted by Gasteiger charge is 2.10. The van der Waals surface area contributed by atoms with Crippen LogP contribution in [0.3, 0.4) is 0 Å². The molecule has 27 heavy (non-hydrogen) atoms. The van der Waals surface area contributed by atoms with E-state index in [2.05, 4.69) is 30.7 Å². The number of hydrogen-bond acceptors (Lipinski definition) is 6. The first kappa shape index (κ1) is 19.4. The first-order chi connectivity index (χ1) is 13.2. The van der Waals surface area contributed by atoms with E-state index in [9.17, 15) is 0 Å². The molecule has 1 fully saturated rings. The quantitative estimate of drug-likeness (QED) is 0.507. The molecule has 0 spiro atoms. The van der Waals surface area contributed by atoms with Crippen LogP contribution >= 0.6 is 0 Å². The van der Waals surface area contributed by atoms with Crippen molar-refractivity contribution in [3.63, 3.8) is 0 Å². The van der Waals surface area contributed by atoms with E-state index in [1.54, 1.807) is 6.26 Å². The standard InChI is InChI=1S/C18H29N7O2/c1-15-22-23-17(24(15)2)14-21-18(19-6-5-16-4-3-11-27-16)20-7-8-25-9-12-26-13-10-25/h3-4,11H,5-10,12-14H2,1-2H3,(H2,19,20,21). The van der Waals surface area contributed by atoms with Crippen molar-refractivity contribution < 1.29 is 9.15 Å². The Morgan fingerprint density at radius 1 is 1.22 bits per heavy atom. The van der Waals surface area contributed by atoms with Gasteiger partial charge >= 0.3 is 0 Å². The highest BCUT2D eigenvalue weighted by atomic mass is 16.5. The van der Waals surface area contributed by atoms with Crippen LogP contribution in [0.2, 0.25) is 0 Å². The summed E-state index contributed by atoms with van der Waals surface area (Å²) < 4.78 is 12.7. The Hall–Kier alpha value is -2.39. The van der Waals surface area contributed by atoms with E-state index in [1.807, 2.05) is 30.7 Å². The van der Waals surface area contributed by atoms with Gasteiger partial charge in [0.1, 0.15) is 18.1 Å². The predicted octanol–water partition coefficient (Wildman–Crippen LogP) is 0.327. The summed E-state index contributed by atoms with van der Waals surface area (Å²) in [5, 5.41) is 15.0. The second kappa shape index (κ2) is 10.1. The van der Waals surface area contributed by atoms with Crippen molar-refractivity contribution >= 4 is 5.96 Å². The number of nitrogens with zero attached hydrogens (tertiary/aromatic N) is 5. The number of morpholine rings is 1. The molecule has 2 aromatic rings. The SMILES string of the molecule is Cc1nnc(CN=C(NCCc2ccco2)NCCN2CCOCC2)n1C. The van der Waals surface area contributed by atoms with Crippen LogP contribution in [0.25, 0.3) is 0 Å². The van der Waals surface area contributed by atoms with Crippen molar-refractivity contribution in [2.24, 2.45) is 12.0 Å². The molecule has 0 atom stereocenters. The molecule has 0 saturated carbocycles. The molecule has 2 aromatic heterocycles. The van der Waals surface area contributed by atoms with Gasteiger partial charge in [0, 0.05) is 46.2 Å². The minimum atomic E-state index is 0.477. The molecule has 0 aliphatic carbocycles. The van der Waals surface area contributed by atoms with Crippen molar-refractivity contribution in [2.45, 2.75) is 19.9 Å². The van der Waals surface area contributed by atoms with Gasteiger partial charge in [-0.15, -0.1) is 10.2 Å². The molecule has 0 amide bonds. The molecule has 0 radical (unpaired) electrons. The molecule has 0 bridgehead atoms. The Balaban J connectivity index is 1.51. The molecular weight excluding hydrogens is 346 g/mol. The van der Waals surface area contributed by atoms with Crippen LogP contribution in [-0.4, -0.2) is 71.6 Å². The van der Waals surface area contributed by atoms with E-state index in [-0.39, 0.29) is 0 Å². The fraction of sp³-hybridized carbons (Fsp3) is 0.611. The van der Waals surface area contributed by atoms with E-state index >= 15 is 0 Å². The van der Waals surface area contributed by atoms with Gasteiger partial charge < -0.3 is 24.4 Å². The number of nitrogens with one attached hydrogen (secondary N) is 2. The second-order valence-electron chi connectivity index (χ2n) is 6.52. The lowest BCUT2D eigenvalue weighted by atomic mass is 10.3. The Bertz CT molecular complexity index is 705. The maximum atomic E-state index is 5.39. The van der Waals surface area contributed by atoms with Crippen LogP contribution < -0.4 is 10.6 Å². The van der Waals surface area contributed by atoms with E-state index in [4.69, 9.17) is 9.15 Å². The van der Waals surface area contributed by atoms with E-state index < -0.39 is 0 Å². The molecule has 9 heteroatoms. The van der Waals surface area contributed by atoms with E-state index in [0.717, 1.165) is 75.7 Å². The summed E-state index contributed by atoms with van der Waals surface area (Å²) in [7, 11) is 1.95. The molecule has 0 aromatic carbocycles. The monoisotopic (exact) mass is 375 g/mol. The Kier molecular flexibility index (Phi) is 7.23. The molecule has 148 valence electrons. The number of aliphatic imine (C=N–C) groups is 1. The first-order valence-electron chi connectivity index (χ1n) is 9.42. The van der Waals surface area contributed by atoms with Crippen LogP contribution in [0.4, 0.5) is 0 Å². The predicted molar refractivity (Wildman–Crippen MR) is 103 cm³/mol. The third kappa shape index (κ3) is 6.07. The molecule has 9 nitrogen and oxygen atoms in total. The molecule has 1 saturated heterocycles. The highest BCUT2D eigenvalue weighted by molar-refractivity contribution is 5.79. The molecule has 3 rings (SSSR count). The summed E-state index contributed by atoms with van der Waals surface area (Å²) in [6.07, 6.45) is 2.50. The van der Waals surface area contributed by atoms with Crippen LogP contribution in [-0.2, 0) is 24.8 Å². The van der Waals surface area contributed by atoms with Gasteiger partial charge in [-0.1, -0.05) is 0 Å². The second-order valence-corrected chi connectivity index (χ2v) is 6.52. The van der Waals surface area contributed by atoms with Crippen LogP contribution in [0.1, 0.15) is 17.4 Å². The van der Waals surface area contributed by atoms with Crippen LogP contribution in [0.15, 0.2) is 27.8 Å². The fourth-order valence-electron chi connectivity index (χ4n) is 2.83. The minimum absolute atomic E-state index is 0.477. The van der Waals surface area contributed by atoms with Crippen LogP contribution in [0, 0.1) is 6.92 Å². The average Bonchev–Trinajstić information content (AvgIpc) is 3.31. The average molecular weight is 375 g/mol. The zero-order valence-electron chi connectivity index (χ0n) is 16.1. The summed E-state index contributed by atoms with van der Waals surface area (Å²) in [5.41, 5.74) is 0. The van der Waals surface area contributed by atoms with Crippen molar-refractivity contribution in [1.29, 1.82) is 0 Å². The van der Waals surface area contributed by atoms with Gasteiger partial charge in [0.25, 0.3) is 0 Å². The topological polar surface area (TPSA) is 92.7 Å². The Labute approximate surface area is 159 Å². The Morgan fingerprint density at radius 3 is 2.74 bits per heavy atom. The lowest BCUT2D eigenvalue weighted by molar-refractivity contribution is 0.0389. The summed E-state index contributed by atoms with van der Waals surface area (Å²) in [4.78, 5) is 7.06. The van der Waals surface area contributed by atoms with Gasteiger partial charge in [0.05, 0.1) is 19.5 Å². The number of hydrogen-bond donors (Lipinski definition) is 2. The smallest absolute Gasteiger partial charge is 0.191 e. The van der Waals surface area contributed by atoms with Gasteiger partial charge in [-0.05, 0) is 19.1 Å². The maximum absolute atomic E-state index is 5.39. The van der Waals surface area contributed by atoms with Gasteiger partial charge in [-0.3, -0.25) is 4.90 Å². The van der Waals surface area contributed by atoms with Gasteiger partial charge in [0.15, 0.2) is 11.8 Å². The van der Waals surface area contributed by atoms with E-state index in [0.29, 0.717) is 6.54 Å². The Morgan fingerprint density at radius 2 is 2.04 bits per heavy atom. The maximum Gasteiger partial charge on any atom is 0.191 e. The fourth-order valence-corrected chi connectivity index (χ4v) is 2.83. The summed E-state index contributed by atoms with van der Waals surface area (Å²) in [5.74, 6) is 3.45. The van der Waals surface area contributed by atoms with Gasteiger partial charge in [-0.25, -0.2) is 4.99 Å². The van der Waals surface area contributed by atoms with Crippen LogP contribution in [0.5, 0.6) is 0 Å². The van der Waals surface area contributed by atoms with Crippen molar-refractivity contribution in [2.75, 3.05) is 45.9 Å². The number of rotatable bonds is 8. The largest absolute Gasteiger partial charge is 0.469 e. The zero-order chi connectivity index (χ0) is 18.9. The van der Waals surface area contributed by atoms with Gasteiger partial charge in [-0.2, -0.15) is 0 Å². The van der Waals surface area contributed by atoms with Gasteiger partial charge in [0.2, 0.25) is 0 Å². The lowest BCUT2D eigenvalue weighted by Crippen LogP contribution is -2.44. The molecule has 0 unspecified atom stereocenters. The molecule has 3 heterocycles. The molecule has 2 N–H and O–H groups in total. The zero-order valence-corrected chi connectivity index (χ0v) is 16.1. The molecule has 1 aliphatic rings. The number of furan rings is 1. The number of guanidine groups is 1. The number of ether oxygens (including phenoxy) is 1. The first-order valence-corrected chi connectivity index (χ1v) is 9.42. The lowest BCUT2D eigenvalue weighted by Gasteiger charge is -2.26. The molecular formula is C18H29N7O2. The highest BCUT2D eigenvalue weighted by Crippen LogP contribution is 2.01. The third-order valence-corrected chi connectivity index (χ3v) is 4.63. The summed E-state index contributed by atoms with van der Waals surface area (Å²) in [6.45, 7) is 8.54. The number of aromatic nitrogens is 3. The summed E-state index contributed by atoms with van der Waals surface area (Å²) >= 11 is 0. The third-order valence-electron chi connectivity index (χ3n) is 4.63. The van der Waals surface area contributed by atoms with E-state index in [1.165, 1.54) is 0 Å². The normalized spacial score (nSPS) is 15.9. The van der Waals surface area contributed by atoms with Crippen molar-refractivity contribution in [3.8, 4) is 0 Å². The number of aryl methyl sites for hydroxylation is 1. The van der Waals surface area contributed by atoms with Crippen molar-refractivity contribution in [1.82, 2.24) is 30.3 Å².